The fraction of sp³-hybridized carbons (Fsp3) is 0.385. The van der Waals surface area contributed by atoms with E-state index in [4.69, 9.17) is 4.74 Å². The number of carbonyl (C=O) groups is 1. The molecule has 1 aliphatic heterocycles. The zero-order valence-corrected chi connectivity index (χ0v) is 20.1. The van der Waals surface area contributed by atoms with Crippen LogP contribution in [0.1, 0.15) is 29.8 Å². The molecule has 3 atom stereocenters. The zero-order valence-electron chi connectivity index (χ0n) is 20.1. The van der Waals surface area contributed by atoms with Crippen LogP contribution < -0.4 is 4.74 Å². The number of hydrogen-bond acceptors (Lipinski definition) is 7. The van der Waals surface area contributed by atoms with E-state index < -0.39 is 0 Å². The Morgan fingerprint density at radius 1 is 1.20 bits per heavy atom. The number of likely N-dealkylation sites (N-methyl/N-ethyl adjacent to an activating group) is 1. The fourth-order valence-electron chi connectivity index (χ4n) is 4.20. The molecule has 1 N–H and O–H groups in total. The lowest BCUT2D eigenvalue weighted by Crippen LogP contribution is -2.49. The Hall–Kier alpha value is -3.43. The van der Waals surface area contributed by atoms with Crippen LogP contribution >= 0.6 is 0 Å². The van der Waals surface area contributed by atoms with Gasteiger partial charge in [-0.2, -0.15) is 0 Å². The Balaban J connectivity index is 1.63. The van der Waals surface area contributed by atoms with E-state index in [9.17, 15) is 14.3 Å². The minimum atomic E-state index is -0.364. The summed E-state index contributed by atoms with van der Waals surface area (Å²) in [6, 6.07) is 7.82. The fourth-order valence-corrected chi connectivity index (χ4v) is 4.20. The number of carbonyl (C=O) groups excluding carboxylic acids is 1. The molecule has 1 aliphatic rings. The van der Waals surface area contributed by atoms with Crippen molar-refractivity contribution in [3.63, 3.8) is 0 Å². The van der Waals surface area contributed by atoms with Gasteiger partial charge in [0.25, 0.3) is 5.91 Å². The van der Waals surface area contributed by atoms with Gasteiger partial charge in [0.2, 0.25) is 5.88 Å². The van der Waals surface area contributed by atoms with E-state index in [1.165, 1.54) is 18.5 Å². The van der Waals surface area contributed by atoms with E-state index in [1.54, 1.807) is 41.7 Å². The van der Waals surface area contributed by atoms with Crippen molar-refractivity contribution in [3.8, 4) is 17.0 Å². The molecule has 3 aromatic rings. The summed E-state index contributed by atoms with van der Waals surface area (Å²) < 4.78 is 19.6. The first kappa shape index (κ1) is 24.7. The van der Waals surface area contributed by atoms with Gasteiger partial charge in [0.05, 0.1) is 12.6 Å². The molecule has 3 heterocycles. The van der Waals surface area contributed by atoms with Gasteiger partial charge >= 0.3 is 0 Å². The summed E-state index contributed by atoms with van der Waals surface area (Å²) in [5, 5.41) is 9.84. The van der Waals surface area contributed by atoms with Crippen molar-refractivity contribution in [2.75, 3.05) is 26.7 Å². The van der Waals surface area contributed by atoms with E-state index in [1.807, 2.05) is 20.9 Å². The summed E-state index contributed by atoms with van der Waals surface area (Å²) in [4.78, 5) is 29.9. The van der Waals surface area contributed by atoms with Gasteiger partial charge in [-0.25, -0.2) is 19.3 Å². The van der Waals surface area contributed by atoms with Gasteiger partial charge in [-0.15, -0.1) is 0 Å². The highest BCUT2D eigenvalue weighted by Gasteiger charge is 2.34. The van der Waals surface area contributed by atoms with Crippen molar-refractivity contribution in [3.05, 3.63) is 72.2 Å². The Labute approximate surface area is 204 Å². The van der Waals surface area contributed by atoms with Crippen LogP contribution in [0, 0.1) is 11.7 Å². The average molecular weight is 480 g/mol. The third kappa shape index (κ3) is 5.80. The van der Waals surface area contributed by atoms with Gasteiger partial charge < -0.3 is 14.7 Å². The zero-order chi connectivity index (χ0) is 24.9. The highest BCUT2D eigenvalue weighted by Crippen LogP contribution is 2.30. The number of amides is 1. The molecule has 1 aromatic carbocycles. The van der Waals surface area contributed by atoms with Crippen LogP contribution in [-0.2, 0) is 6.54 Å². The summed E-state index contributed by atoms with van der Waals surface area (Å²) in [6.07, 6.45) is 6.15. The van der Waals surface area contributed by atoms with Gasteiger partial charge in [0.1, 0.15) is 23.8 Å². The van der Waals surface area contributed by atoms with Crippen LogP contribution in [0.2, 0.25) is 0 Å². The molecular weight excluding hydrogens is 449 g/mol. The Kier molecular flexibility index (Phi) is 7.67. The number of aromatic nitrogens is 3. The lowest BCUT2D eigenvalue weighted by atomic mass is 9.99. The SMILES string of the molecule is C[C@@H]1CN([C@H](C)CO)C(=O)c2cc(-c3cncnc3)cnc2O[C@H]1CN(C)Cc1ccc(F)cc1. The second kappa shape index (κ2) is 10.9. The Morgan fingerprint density at radius 2 is 1.91 bits per heavy atom. The van der Waals surface area contributed by atoms with E-state index in [2.05, 4.69) is 19.9 Å². The first-order chi connectivity index (χ1) is 16.9. The van der Waals surface area contributed by atoms with Crippen LogP contribution in [0.25, 0.3) is 11.1 Å². The number of pyridine rings is 1. The van der Waals surface area contributed by atoms with Crippen molar-refractivity contribution in [2.45, 2.75) is 32.5 Å². The minimum absolute atomic E-state index is 0.0271. The van der Waals surface area contributed by atoms with Crippen molar-refractivity contribution in [2.24, 2.45) is 5.92 Å². The Morgan fingerprint density at radius 3 is 2.60 bits per heavy atom. The normalized spacial score (nSPS) is 19.0. The number of benzene rings is 1. The van der Waals surface area contributed by atoms with E-state index in [0.29, 0.717) is 30.8 Å². The van der Waals surface area contributed by atoms with Crippen LogP contribution in [-0.4, -0.2) is 74.7 Å². The number of nitrogens with zero attached hydrogens (tertiary/aromatic N) is 5. The number of aliphatic hydroxyl groups excluding tert-OH is 1. The quantitative estimate of drug-likeness (QED) is 0.557. The molecule has 35 heavy (non-hydrogen) atoms. The maximum atomic E-state index is 13.5. The second-order valence-corrected chi connectivity index (χ2v) is 9.15. The summed E-state index contributed by atoms with van der Waals surface area (Å²) in [5.41, 5.74) is 2.77. The van der Waals surface area contributed by atoms with Crippen molar-refractivity contribution >= 4 is 5.91 Å². The number of aliphatic hydroxyl groups is 1. The summed E-state index contributed by atoms with van der Waals surface area (Å²) >= 11 is 0. The molecule has 0 aliphatic carbocycles. The maximum Gasteiger partial charge on any atom is 0.259 e. The standard InChI is InChI=1S/C26H30FN5O3/c1-17-12-32(18(2)15-33)26(34)23-8-20(21-9-28-16-29-10-21)11-30-25(23)35-24(17)14-31(3)13-19-4-6-22(27)7-5-19/h4-11,16-18,24,33H,12-15H2,1-3H3/t17-,18-,24+/m1/s1. The number of fused-ring (bicyclic) bond motifs is 1. The molecular formula is C26H30FN5O3. The summed E-state index contributed by atoms with van der Waals surface area (Å²) in [7, 11) is 1.98. The average Bonchev–Trinajstić information content (AvgIpc) is 2.87. The van der Waals surface area contributed by atoms with Crippen LogP contribution in [0.3, 0.4) is 0 Å². The molecule has 0 bridgehead atoms. The molecule has 9 heteroatoms. The van der Waals surface area contributed by atoms with Crippen molar-refractivity contribution in [1.29, 1.82) is 0 Å². The lowest BCUT2D eigenvalue weighted by molar-refractivity contribution is 0.0325. The van der Waals surface area contributed by atoms with Crippen LogP contribution in [0.15, 0.2) is 55.2 Å². The molecule has 0 saturated carbocycles. The number of hydrogen-bond donors (Lipinski definition) is 1. The van der Waals surface area contributed by atoms with E-state index >= 15 is 0 Å². The summed E-state index contributed by atoms with van der Waals surface area (Å²) in [6.45, 7) is 5.32. The van der Waals surface area contributed by atoms with Gasteiger partial charge in [-0.05, 0) is 37.7 Å². The first-order valence-electron chi connectivity index (χ1n) is 11.6. The Bertz CT molecular complexity index is 1150. The van der Waals surface area contributed by atoms with Crippen molar-refractivity contribution in [1.82, 2.24) is 24.8 Å². The smallest absolute Gasteiger partial charge is 0.259 e. The predicted molar refractivity (Wildman–Crippen MR) is 129 cm³/mol. The summed E-state index contributed by atoms with van der Waals surface area (Å²) in [5.74, 6) is -0.267. The largest absolute Gasteiger partial charge is 0.472 e. The van der Waals surface area contributed by atoms with Gasteiger partial charge in [-0.3, -0.25) is 9.69 Å². The maximum absolute atomic E-state index is 13.5. The third-order valence-electron chi connectivity index (χ3n) is 6.27. The molecule has 2 aromatic heterocycles. The highest BCUT2D eigenvalue weighted by atomic mass is 19.1. The van der Waals surface area contributed by atoms with E-state index in [-0.39, 0.29) is 42.3 Å². The molecule has 0 spiro atoms. The number of rotatable bonds is 7. The molecule has 4 rings (SSSR count). The molecule has 0 unspecified atom stereocenters. The van der Waals surface area contributed by atoms with Crippen molar-refractivity contribution < 1.29 is 19.0 Å². The predicted octanol–water partition coefficient (Wildman–Crippen LogP) is 3.03. The lowest BCUT2D eigenvalue weighted by Gasteiger charge is -2.37. The van der Waals surface area contributed by atoms with Crippen LogP contribution in [0.5, 0.6) is 5.88 Å². The molecule has 184 valence electrons. The van der Waals surface area contributed by atoms with Crippen LogP contribution in [0.4, 0.5) is 4.39 Å². The topological polar surface area (TPSA) is 91.7 Å². The molecule has 0 saturated heterocycles. The van der Waals surface area contributed by atoms with Gasteiger partial charge in [-0.1, -0.05) is 19.1 Å². The number of ether oxygens (including phenoxy) is 1. The monoisotopic (exact) mass is 479 g/mol. The molecule has 1 amide bonds. The second-order valence-electron chi connectivity index (χ2n) is 9.15. The number of halogens is 1. The van der Waals surface area contributed by atoms with E-state index in [0.717, 1.165) is 11.1 Å². The molecule has 8 nitrogen and oxygen atoms in total. The van der Waals surface area contributed by atoms with Gasteiger partial charge in [0, 0.05) is 55.3 Å². The first-order valence-corrected chi connectivity index (χ1v) is 11.6. The third-order valence-corrected chi connectivity index (χ3v) is 6.27. The van der Waals surface area contributed by atoms with Gasteiger partial charge in [0.15, 0.2) is 0 Å². The highest BCUT2D eigenvalue weighted by molar-refractivity contribution is 5.98. The molecule has 0 radical (unpaired) electrons. The minimum Gasteiger partial charge on any atom is -0.472 e. The molecule has 0 fully saturated rings.